The molecular weight excluding hydrogens is 310 g/mol. The van der Waals surface area contributed by atoms with Crippen molar-refractivity contribution in [2.24, 2.45) is 17.6 Å². The first kappa shape index (κ1) is 18.4. The summed E-state index contributed by atoms with van der Waals surface area (Å²) in [6, 6.07) is 11.1. The van der Waals surface area contributed by atoms with E-state index in [1.54, 1.807) is 0 Å². The molecule has 0 radical (unpaired) electrons. The maximum absolute atomic E-state index is 12.6. The van der Waals surface area contributed by atoms with Crippen molar-refractivity contribution in [3.8, 4) is 0 Å². The van der Waals surface area contributed by atoms with Gasteiger partial charge in [0.25, 0.3) is 0 Å². The lowest BCUT2D eigenvalue weighted by Gasteiger charge is -2.37. The van der Waals surface area contributed by atoms with Crippen molar-refractivity contribution in [1.29, 1.82) is 0 Å². The predicted molar refractivity (Wildman–Crippen MR) is 102 cm³/mol. The highest BCUT2D eigenvalue weighted by atomic mass is 16.2. The van der Waals surface area contributed by atoms with Crippen LogP contribution in [-0.2, 0) is 11.3 Å². The second kappa shape index (κ2) is 8.33. The van der Waals surface area contributed by atoms with Gasteiger partial charge in [0.2, 0.25) is 5.91 Å². The van der Waals surface area contributed by atoms with E-state index < -0.39 is 0 Å². The normalized spacial score (nSPS) is 22.4. The quantitative estimate of drug-likeness (QED) is 0.828. The molecule has 4 heteroatoms. The summed E-state index contributed by atoms with van der Waals surface area (Å²) in [6.07, 6.45) is 4.96. The Hall–Kier alpha value is -1.39. The van der Waals surface area contributed by atoms with Gasteiger partial charge in [-0.15, -0.1) is 0 Å². The summed E-state index contributed by atoms with van der Waals surface area (Å²) < 4.78 is 0. The Kier molecular flexibility index (Phi) is 6.13. The van der Waals surface area contributed by atoms with E-state index >= 15 is 0 Å². The molecule has 3 rings (SSSR count). The van der Waals surface area contributed by atoms with E-state index in [1.165, 1.54) is 24.8 Å². The minimum Gasteiger partial charge on any atom is -0.341 e. The van der Waals surface area contributed by atoms with Gasteiger partial charge in [0.1, 0.15) is 0 Å². The third kappa shape index (κ3) is 5.05. The first-order valence-electron chi connectivity index (χ1n) is 9.87. The predicted octanol–water partition coefficient (Wildman–Crippen LogP) is 2.87. The fourth-order valence-corrected chi connectivity index (χ4v) is 3.84. The van der Waals surface area contributed by atoms with Gasteiger partial charge in [-0.25, -0.2) is 0 Å². The van der Waals surface area contributed by atoms with Gasteiger partial charge in [-0.05, 0) is 43.1 Å². The second-order valence-corrected chi connectivity index (χ2v) is 8.21. The molecule has 1 aliphatic carbocycles. The van der Waals surface area contributed by atoms with Crippen LogP contribution >= 0.6 is 0 Å². The highest BCUT2D eigenvalue weighted by Gasteiger charge is 2.33. The summed E-state index contributed by atoms with van der Waals surface area (Å²) in [5, 5.41) is 0. The Bertz CT molecular complexity index is 556. The summed E-state index contributed by atoms with van der Waals surface area (Å²) in [5.41, 5.74) is 7.49. The Morgan fingerprint density at radius 2 is 1.96 bits per heavy atom. The van der Waals surface area contributed by atoms with Gasteiger partial charge in [-0.3, -0.25) is 9.69 Å². The summed E-state index contributed by atoms with van der Waals surface area (Å²) in [5.74, 6) is 0.913. The van der Waals surface area contributed by atoms with Crippen LogP contribution in [0.3, 0.4) is 0 Å². The third-order valence-electron chi connectivity index (χ3n) is 5.62. The minimum atomic E-state index is -0.359. The zero-order valence-electron chi connectivity index (χ0n) is 15.7. The third-order valence-corrected chi connectivity index (χ3v) is 5.62. The van der Waals surface area contributed by atoms with E-state index in [0.29, 0.717) is 5.92 Å². The zero-order valence-corrected chi connectivity index (χ0v) is 15.7. The lowest BCUT2D eigenvalue weighted by molar-refractivity contribution is -0.135. The highest BCUT2D eigenvalue weighted by Crippen LogP contribution is 2.30. The van der Waals surface area contributed by atoms with Crippen molar-refractivity contribution in [2.75, 3.05) is 19.6 Å². The largest absolute Gasteiger partial charge is 0.341 e. The summed E-state index contributed by atoms with van der Waals surface area (Å²) >= 11 is 0. The lowest BCUT2D eigenvalue weighted by Crippen LogP contribution is -2.51. The number of nitrogens with two attached hydrogens (primary N) is 1. The summed E-state index contributed by atoms with van der Waals surface area (Å²) in [7, 11) is 0. The molecule has 1 amide bonds. The molecule has 1 aliphatic heterocycles. The summed E-state index contributed by atoms with van der Waals surface area (Å²) in [6.45, 7) is 7.92. The second-order valence-electron chi connectivity index (χ2n) is 8.21. The molecule has 25 heavy (non-hydrogen) atoms. The van der Waals surface area contributed by atoms with Crippen LogP contribution in [0.1, 0.15) is 45.1 Å². The standard InChI is InChI=1S/C21H33N3O/c1-16(2)20(22)21(25)23-12-6-9-18(14-23)15-24(19-10-11-19)13-17-7-4-3-5-8-17/h3-5,7-8,16,18-20H,6,9-15,22H2,1-2H3. The SMILES string of the molecule is CC(C)C(N)C(=O)N1CCCC(CN(Cc2ccccc2)C2CC2)C1. The number of piperidine rings is 1. The molecule has 1 aromatic rings. The average Bonchev–Trinajstić information content (AvgIpc) is 3.46. The highest BCUT2D eigenvalue weighted by molar-refractivity contribution is 5.82. The maximum Gasteiger partial charge on any atom is 0.239 e. The van der Waals surface area contributed by atoms with Gasteiger partial charge in [0.05, 0.1) is 6.04 Å². The molecule has 0 bridgehead atoms. The van der Waals surface area contributed by atoms with Gasteiger partial charge >= 0.3 is 0 Å². The molecule has 2 aliphatic rings. The minimum absolute atomic E-state index is 0.140. The number of benzene rings is 1. The van der Waals surface area contributed by atoms with E-state index in [1.807, 2.05) is 18.7 Å². The fourth-order valence-electron chi connectivity index (χ4n) is 3.84. The van der Waals surface area contributed by atoms with E-state index in [9.17, 15) is 4.79 Å². The van der Waals surface area contributed by atoms with Crippen molar-refractivity contribution >= 4 is 5.91 Å². The van der Waals surface area contributed by atoms with Crippen LogP contribution < -0.4 is 5.73 Å². The van der Waals surface area contributed by atoms with Crippen molar-refractivity contribution in [3.05, 3.63) is 35.9 Å². The molecule has 2 fully saturated rings. The maximum atomic E-state index is 12.6. The molecule has 138 valence electrons. The van der Waals surface area contributed by atoms with Gasteiger partial charge in [0, 0.05) is 32.2 Å². The van der Waals surface area contributed by atoms with Crippen LogP contribution in [0.25, 0.3) is 0 Å². The molecule has 2 atom stereocenters. The molecule has 1 heterocycles. The number of amides is 1. The molecule has 1 saturated heterocycles. The van der Waals surface area contributed by atoms with E-state index in [4.69, 9.17) is 5.73 Å². The Morgan fingerprint density at radius 1 is 1.24 bits per heavy atom. The molecular formula is C21H33N3O. The molecule has 1 aromatic carbocycles. The number of rotatable bonds is 7. The molecule has 2 unspecified atom stereocenters. The number of nitrogens with zero attached hydrogens (tertiary/aromatic N) is 2. The first-order chi connectivity index (χ1) is 12.0. The fraction of sp³-hybridized carbons (Fsp3) is 0.667. The van der Waals surface area contributed by atoms with Crippen LogP contribution in [0, 0.1) is 11.8 Å². The number of likely N-dealkylation sites (tertiary alicyclic amines) is 1. The van der Waals surface area contributed by atoms with Crippen molar-refractivity contribution < 1.29 is 4.79 Å². The van der Waals surface area contributed by atoms with Crippen LogP contribution in [0.15, 0.2) is 30.3 Å². The topological polar surface area (TPSA) is 49.6 Å². The van der Waals surface area contributed by atoms with Crippen LogP contribution in [0.2, 0.25) is 0 Å². The van der Waals surface area contributed by atoms with Crippen LogP contribution in [0.5, 0.6) is 0 Å². The van der Waals surface area contributed by atoms with Crippen LogP contribution in [-0.4, -0.2) is 47.4 Å². The number of hydrogen-bond acceptors (Lipinski definition) is 3. The van der Waals surface area contributed by atoms with Crippen molar-refractivity contribution in [1.82, 2.24) is 9.80 Å². The molecule has 2 N–H and O–H groups in total. The van der Waals surface area contributed by atoms with E-state index in [0.717, 1.165) is 38.6 Å². The molecule has 1 saturated carbocycles. The van der Waals surface area contributed by atoms with Gasteiger partial charge in [-0.1, -0.05) is 44.2 Å². The smallest absolute Gasteiger partial charge is 0.239 e. The van der Waals surface area contributed by atoms with Gasteiger partial charge < -0.3 is 10.6 Å². The van der Waals surface area contributed by atoms with Crippen LogP contribution in [0.4, 0.5) is 0 Å². The molecule has 0 aromatic heterocycles. The van der Waals surface area contributed by atoms with Gasteiger partial charge in [0.15, 0.2) is 0 Å². The zero-order chi connectivity index (χ0) is 17.8. The summed E-state index contributed by atoms with van der Waals surface area (Å²) in [4.78, 5) is 17.3. The van der Waals surface area contributed by atoms with Gasteiger partial charge in [-0.2, -0.15) is 0 Å². The molecule has 0 spiro atoms. The number of hydrogen-bond donors (Lipinski definition) is 1. The Morgan fingerprint density at radius 3 is 2.60 bits per heavy atom. The lowest BCUT2D eigenvalue weighted by atomic mass is 9.95. The van der Waals surface area contributed by atoms with E-state index in [2.05, 4.69) is 35.2 Å². The van der Waals surface area contributed by atoms with Crippen molar-refractivity contribution in [2.45, 2.75) is 58.2 Å². The number of carbonyl (C=O) groups excluding carboxylic acids is 1. The number of carbonyl (C=O) groups is 1. The van der Waals surface area contributed by atoms with E-state index in [-0.39, 0.29) is 17.9 Å². The molecule has 4 nitrogen and oxygen atoms in total. The Labute approximate surface area is 152 Å². The average molecular weight is 344 g/mol. The first-order valence-corrected chi connectivity index (χ1v) is 9.87. The monoisotopic (exact) mass is 343 g/mol. The Balaban J connectivity index is 1.57. The van der Waals surface area contributed by atoms with Crippen molar-refractivity contribution in [3.63, 3.8) is 0 Å².